The van der Waals surface area contributed by atoms with Gasteiger partial charge in [-0.2, -0.15) is 0 Å². The van der Waals surface area contributed by atoms with Crippen molar-refractivity contribution in [2.75, 3.05) is 19.8 Å². The molecule has 2 nitrogen and oxygen atoms in total. The average molecular weight is 316 g/mol. The zero-order chi connectivity index (χ0) is 15.7. The molecule has 1 aromatic heterocycles. The number of benzene rings is 1. The smallest absolute Gasteiger partial charge is 0.123 e. The monoisotopic (exact) mass is 316 g/mol. The van der Waals surface area contributed by atoms with Crippen LogP contribution in [0.5, 0.6) is 0 Å². The summed E-state index contributed by atoms with van der Waals surface area (Å²) in [5, 5.41) is 1.06. The summed E-state index contributed by atoms with van der Waals surface area (Å²) in [5.41, 5.74) is 3.76. The summed E-state index contributed by atoms with van der Waals surface area (Å²) in [6.45, 7) is 6.56. The van der Waals surface area contributed by atoms with Crippen molar-refractivity contribution in [3.63, 3.8) is 0 Å². The van der Waals surface area contributed by atoms with E-state index >= 15 is 0 Å². The van der Waals surface area contributed by atoms with Crippen molar-refractivity contribution < 1.29 is 4.39 Å². The van der Waals surface area contributed by atoms with Gasteiger partial charge in [0.05, 0.1) is 6.54 Å². The van der Waals surface area contributed by atoms with Crippen LogP contribution in [0.15, 0.2) is 41.8 Å². The lowest BCUT2D eigenvalue weighted by Gasteiger charge is -2.24. The third-order valence-electron chi connectivity index (χ3n) is 4.29. The van der Waals surface area contributed by atoms with Gasteiger partial charge in [-0.3, -0.25) is 0 Å². The quantitative estimate of drug-likeness (QED) is 0.781. The molecule has 22 heavy (non-hydrogen) atoms. The highest BCUT2D eigenvalue weighted by Gasteiger charge is 2.22. The first-order chi connectivity index (χ1) is 10.6. The second-order valence-electron chi connectivity index (χ2n) is 5.73. The van der Waals surface area contributed by atoms with Crippen LogP contribution in [0.2, 0.25) is 0 Å². The molecule has 0 N–H and O–H groups in total. The summed E-state index contributed by atoms with van der Waals surface area (Å²) >= 11 is 1.74. The highest BCUT2D eigenvalue weighted by Crippen LogP contribution is 2.32. The molecule has 0 saturated carbocycles. The van der Waals surface area contributed by atoms with Crippen LogP contribution in [0, 0.1) is 5.82 Å². The maximum absolute atomic E-state index is 13.7. The molecule has 1 aliphatic rings. The zero-order valence-electron chi connectivity index (χ0n) is 13.1. The number of likely N-dealkylation sites (N-methyl/N-ethyl adjacent to an activating group) is 1. The van der Waals surface area contributed by atoms with E-state index in [9.17, 15) is 4.39 Å². The number of aromatic nitrogens is 1. The molecule has 0 saturated heterocycles. The number of rotatable bonds is 4. The summed E-state index contributed by atoms with van der Waals surface area (Å²) in [6.07, 6.45) is 6.98. The molecule has 0 spiro atoms. The number of hydrogen-bond donors (Lipinski definition) is 0. The summed E-state index contributed by atoms with van der Waals surface area (Å²) in [4.78, 5) is 3.56. The Hall–Kier alpha value is -1.52. The Bertz CT molecular complexity index is 745. The van der Waals surface area contributed by atoms with Crippen molar-refractivity contribution in [3.8, 4) is 0 Å². The van der Waals surface area contributed by atoms with Gasteiger partial charge in [0.15, 0.2) is 0 Å². The average Bonchev–Trinajstić information content (AvgIpc) is 2.79. The van der Waals surface area contributed by atoms with Gasteiger partial charge in [-0.1, -0.05) is 18.7 Å². The Morgan fingerprint density at radius 1 is 1.45 bits per heavy atom. The van der Waals surface area contributed by atoms with Gasteiger partial charge in [0, 0.05) is 41.0 Å². The van der Waals surface area contributed by atoms with E-state index in [1.54, 1.807) is 23.9 Å². The molecule has 1 aliphatic heterocycles. The van der Waals surface area contributed by atoms with Crippen LogP contribution in [-0.2, 0) is 19.5 Å². The van der Waals surface area contributed by atoms with Gasteiger partial charge in [0.2, 0.25) is 0 Å². The van der Waals surface area contributed by atoms with Crippen LogP contribution in [-0.4, -0.2) is 29.3 Å². The molecular weight excluding hydrogens is 295 g/mol. The van der Waals surface area contributed by atoms with Crippen molar-refractivity contribution >= 4 is 22.7 Å². The molecule has 0 radical (unpaired) electrons. The molecule has 2 aromatic rings. The first kappa shape index (κ1) is 15.4. The summed E-state index contributed by atoms with van der Waals surface area (Å²) < 4.78 is 16.1. The lowest BCUT2D eigenvalue weighted by atomic mass is 10.1. The van der Waals surface area contributed by atoms with E-state index in [0.29, 0.717) is 0 Å². The fourth-order valence-electron chi connectivity index (χ4n) is 3.21. The van der Waals surface area contributed by atoms with E-state index in [4.69, 9.17) is 0 Å². The van der Waals surface area contributed by atoms with Crippen LogP contribution in [0.4, 0.5) is 4.39 Å². The van der Waals surface area contributed by atoms with E-state index in [1.165, 1.54) is 16.2 Å². The molecule has 0 amide bonds. The standard InChI is InChI=1S/C18H21FN2S/c1-4-5-14(22-3)11-21-17-7-6-13(19)10-15(17)16-12-20(2)9-8-18(16)21/h4-7,10H,1,8-9,11-12H2,2-3H3/b14-5-. The number of halogens is 1. The Kier molecular flexibility index (Phi) is 4.41. The summed E-state index contributed by atoms with van der Waals surface area (Å²) in [6, 6.07) is 5.15. The summed E-state index contributed by atoms with van der Waals surface area (Å²) in [7, 11) is 2.12. The number of nitrogens with zero attached hydrogens (tertiary/aromatic N) is 2. The minimum Gasteiger partial charge on any atom is -0.339 e. The number of fused-ring (bicyclic) bond motifs is 3. The first-order valence-corrected chi connectivity index (χ1v) is 8.70. The third-order valence-corrected chi connectivity index (χ3v) is 5.08. The molecule has 0 unspecified atom stereocenters. The minimum atomic E-state index is -0.160. The number of thioether (sulfide) groups is 1. The van der Waals surface area contributed by atoms with E-state index in [1.807, 2.05) is 12.1 Å². The third kappa shape index (κ3) is 2.73. The van der Waals surface area contributed by atoms with E-state index < -0.39 is 0 Å². The highest BCUT2D eigenvalue weighted by atomic mass is 32.2. The van der Waals surface area contributed by atoms with Gasteiger partial charge in [0.25, 0.3) is 0 Å². The Morgan fingerprint density at radius 3 is 3.00 bits per heavy atom. The second-order valence-corrected chi connectivity index (χ2v) is 6.67. The topological polar surface area (TPSA) is 8.17 Å². The zero-order valence-corrected chi connectivity index (χ0v) is 13.9. The van der Waals surface area contributed by atoms with E-state index in [-0.39, 0.29) is 5.82 Å². The van der Waals surface area contributed by atoms with Crippen molar-refractivity contribution in [1.82, 2.24) is 9.47 Å². The maximum Gasteiger partial charge on any atom is 0.123 e. The van der Waals surface area contributed by atoms with Gasteiger partial charge in [0.1, 0.15) is 5.82 Å². The molecule has 2 heterocycles. The van der Waals surface area contributed by atoms with Crippen molar-refractivity contribution in [2.45, 2.75) is 19.5 Å². The predicted octanol–water partition coefficient (Wildman–Crippen LogP) is 4.20. The normalized spacial score (nSPS) is 16.0. The first-order valence-electron chi connectivity index (χ1n) is 7.47. The maximum atomic E-state index is 13.7. The van der Waals surface area contributed by atoms with Crippen LogP contribution >= 0.6 is 11.8 Å². The SMILES string of the molecule is C=C/C=C(/Cn1c2c(c3cc(F)ccc31)CN(C)CC2)SC. The molecular formula is C18H21FN2S. The van der Waals surface area contributed by atoms with Crippen LogP contribution in [0.25, 0.3) is 10.9 Å². The van der Waals surface area contributed by atoms with E-state index in [0.717, 1.165) is 37.0 Å². The largest absolute Gasteiger partial charge is 0.339 e. The Balaban J connectivity index is 2.17. The van der Waals surface area contributed by atoms with Crippen LogP contribution in [0.3, 0.4) is 0 Å². The van der Waals surface area contributed by atoms with Gasteiger partial charge >= 0.3 is 0 Å². The van der Waals surface area contributed by atoms with E-state index in [2.05, 4.69) is 35.4 Å². The molecule has 0 atom stereocenters. The van der Waals surface area contributed by atoms with Crippen molar-refractivity contribution in [2.24, 2.45) is 0 Å². The van der Waals surface area contributed by atoms with Crippen molar-refractivity contribution in [3.05, 3.63) is 58.9 Å². The molecule has 3 rings (SSSR count). The Morgan fingerprint density at radius 2 is 2.27 bits per heavy atom. The Labute approximate surface area is 135 Å². The molecule has 0 aliphatic carbocycles. The van der Waals surface area contributed by atoms with Gasteiger partial charge in [-0.25, -0.2) is 4.39 Å². The second kappa shape index (κ2) is 6.31. The molecule has 0 bridgehead atoms. The molecule has 116 valence electrons. The van der Waals surface area contributed by atoms with Gasteiger partial charge in [-0.15, -0.1) is 11.8 Å². The fraction of sp³-hybridized carbons (Fsp3) is 0.333. The van der Waals surface area contributed by atoms with Crippen LogP contribution in [0.1, 0.15) is 11.3 Å². The summed E-state index contributed by atoms with van der Waals surface area (Å²) in [5.74, 6) is -0.160. The van der Waals surface area contributed by atoms with Gasteiger partial charge in [-0.05, 0) is 37.1 Å². The predicted molar refractivity (Wildman–Crippen MR) is 93.7 cm³/mol. The highest BCUT2D eigenvalue weighted by molar-refractivity contribution is 8.02. The molecule has 4 heteroatoms. The lowest BCUT2D eigenvalue weighted by molar-refractivity contribution is 0.310. The fourth-order valence-corrected chi connectivity index (χ4v) is 3.70. The lowest BCUT2D eigenvalue weighted by Crippen LogP contribution is -2.27. The number of allylic oxidation sites excluding steroid dienone is 3. The minimum absolute atomic E-state index is 0.160. The van der Waals surface area contributed by atoms with Gasteiger partial charge < -0.3 is 9.47 Å². The molecule has 1 aromatic carbocycles. The molecule has 0 fully saturated rings. The number of hydrogen-bond acceptors (Lipinski definition) is 2. The van der Waals surface area contributed by atoms with Crippen molar-refractivity contribution in [1.29, 1.82) is 0 Å². The van der Waals surface area contributed by atoms with Crippen LogP contribution < -0.4 is 0 Å².